The Hall–Kier alpha value is -5.35. The molecule has 0 aliphatic heterocycles. The van der Waals surface area contributed by atoms with E-state index in [4.69, 9.17) is 16.3 Å². The third-order valence-electron chi connectivity index (χ3n) is 5.91. The summed E-state index contributed by atoms with van der Waals surface area (Å²) in [5.41, 5.74) is 1.12. The van der Waals surface area contributed by atoms with Gasteiger partial charge in [-0.1, -0.05) is 66.2 Å². The van der Waals surface area contributed by atoms with E-state index in [-0.39, 0.29) is 28.5 Å². The largest absolute Gasteiger partial charge is 0.481 e. The third-order valence-corrected chi connectivity index (χ3v) is 6.19. The molecule has 0 saturated carbocycles. The minimum absolute atomic E-state index is 0.0570. The number of para-hydroxylation sites is 1. The quantitative estimate of drug-likeness (QED) is 0.146. The molecule has 5 aromatic rings. The van der Waals surface area contributed by atoms with Crippen LogP contribution in [0.5, 0.6) is 5.75 Å². The Morgan fingerprint density at radius 3 is 2.55 bits per heavy atom. The van der Waals surface area contributed by atoms with E-state index in [2.05, 4.69) is 10.1 Å². The Morgan fingerprint density at radius 2 is 1.80 bits per heavy atom. The SMILES string of the molecule is O=C(O)c1cccc(COc2c(Cl)cc(C=Nn3c(-c4ccccc4)nc4ccccc4c3=O)cc2[N+](=O)[O-])c1. The molecule has 0 fully saturated rings. The maximum Gasteiger partial charge on any atom is 0.335 e. The molecule has 1 heterocycles. The number of ether oxygens (including phenoxy) is 1. The van der Waals surface area contributed by atoms with Crippen molar-refractivity contribution in [3.05, 3.63) is 133 Å². The summed E-state index contributed by atoms with van der Waals surface area (Å²) in [6.07, 6.45) is 1.28. The molecule has 0 aliphatic rings. The molecule has 0 spiro atoms. The fourth-order valence-corrected chi connectivity index (χ4v) is 4.31. The lowest BCUT2D eigenvalue weighted by Gasteiger charge is -2.11. The maximum atomic E-state index is 13.3. The van der Waals surface area contributed by atoms with Crippen molar-refractivity contribution in [2.75, 3.05) is 0 Å². The zero-order valence-electron chi connectivity index (χ0n) is 20.6. The van der Waals surface area contributed by atoms with Crippen LogP contribution < -0.4 is 10.3 Å². The number of nitro groups is 1. The van der Waals surface area contributed by atoms with Crippen LogP contribution in [0.3, 0.4) is 0 Å². The Labute approximate surface area is 231 Å². The zero-order chi connectivity index (χ0) is 28.2. The molecule has 0 aliphatic carbocycles. The van der Waals surface area contributed by atoms with E-state index in [0.717, 1.165) is 4.68 Å². The molecule has 11 heteroatoms. The second kappa shape index (κ2) is 11.2. The standard InChI is InChI=1S/C29H19ClN4O6/c30-23-14-19(15-25(34(38)39)26(23)40-17-18-7-6-10-21(13-18)29(36)37)16-31-33-27(20-8-2-1-3-9-20)32-24-12-5-4-11-22(24)28(33)35/h1-16H,17H2,(H,36,37). The van der Waals surface area contributed by atoms with Gasteiger partial charge in [-0.25, -0.2) is 9.78 Å². The number of nitro benzene ring substituents is 1. The smallest absolute Gasteiger partial charge is 0.335 e. The lowest BCUT2D eigenvalue weighted by Crippen LogP contribution is -2.20. The number of hydrogen-bond acceptors (Lipinski definition) is 7. The summed E-state index contributed by atoms with van der Waals surface area (Å²) < 4.78 is 6.77. The number of aromatic nitrogens is 2. The lowest BCUT2D eigenvalue weighted by atomic mass is 10.1. The number of fused-ring (bicyclic) bond motifs is 1. The van der Waals surface area contributed by atoms with Crippen molar-refractivity contribution < 1.29 is 19.6 Å². The number of carboxylic acid groups (broad SMARTS) is 1. The monoisotopic (exact) mass is 554 g/mol. The van der Waals surface area contributed by atoms with Gasteiger partial charge in [0.15, 0.2) is 5.82 Å². The molecule has 0 radical (unpaired) electrons. The van der Waals surface area contributed by atoms with Crippen molar-refractivity contribution in [3.63, 3.8) is 0 Å². The summed E-state index contributed by atoms with van der Waals surface area (Å²) in [7, 11) is 0. The topological polar surface area (TPSA) is 137 Å². The van der Waals surface area contributed by atoms with E-state index >= 15 is 0 Å². The summed E-state index contributed by atoms with van der Waals surface area (Å²) in [5, 5.41) is 25.7. The van der Waals surface area contributed by atoms with Crippen LogP contribution in [0.25, 0.3) is 22.3 Å². The van der Waals surface area contributed by atoms with Gasteiger partial charge in [-0.15, -0.1) is 0 Å². The summed E-state index contributed by atoms with van der Waals surface area (Å²) in [6, 6.07) is 24.6. The second-order valence-corrected chi connectivity index (χ2v) is 8.99. The molecule has 198 valence electrons. The molecule has 0 bridgehead atoms. The average Bonchev–Trinajstić information content (AvgIpc) is 2.96. The van der Waals surface area contributed by atoms with Crippen LogP contribution in [0.4, 0.5) is 5.69 Å². The van der Waals surface area contributed by atoms with Crippen LogP contribution in [-0.2, 0) is 6.61 Å². The Balaban J connectivity index is 1.52. The summed E-state index contributed by atoms with van der Waals surface area (Å²) in [6.45, 7) is -0.145. The Morgan fingerprint density at radius 1 is 1.05 bits per heavy atom. The molecule has 0 atom stereocenters. The highest BCUT2D eigenvalue weighted by molar-refractivity contribution is 6.32. The van der Waals surface area contributed by atoms with Crippen molar-refractivity contribution in [2.24, 2.45) is 5.10 Å². The van der Waals surface area contributed by atoms with Crippen molar-refractivity contribution in [2.45, 2.75) is 6.61 Å². The van der Waals surface area contributed by atoms with Crippen LogP contribution in [0.15, 0.2) is 101 Å². The highest BCUT2D eigenvalue weighted by Gasteiger charge is 2.21. The van der Waals surface area contributed by atoms with Gasteiger partial charge in [0.05, 0.1) is 32.6 Å². The van der Waals surface area contributed by atoms with Gasteiger partial charge in [-0.2, -0.15) is 9.78 Å². The zero-order valence-corrected chi connectivity index (χ0v) is 21.4. The van der Waals surface area contributed by atoms with Crippen molar-refractivity contribution in [1.29, 1.82) is 0 Å². The molecule has 4 aromatic carbocycles. The van der Waals surface area contributed by atoms with Gasteiger partial charge >= 0.3 is 11.7 Å². The first kappa shape index (κ1) is 26.3. The van der Waals surface area contributed by atoms with Crippen LogP contribution in [-0.4, -0.2) is 31.9 Å². The summed E-state index contributed by atoms with van der Waals surface area (Å²) in [5.74, 6) is -0.991. The maximum absolute atomic E-state index is 13.3. The van der Waals surface area contributed by atoms with Gasteiger partial charge in [0.2, 0.25) is 5.75 Å². The van der Waals surface area contributed by atoms with Crippen LogP contribution in [0.2, 0.25) is 5.02 Å². The van der Waals surface area contributed by atoms with Gasteiger partial charge in [-0.3, -0.25) is 14.9 Å². The number of nitrogens with zero attached hydrogens (tertiary/aromatic N) is 4. The fourth-order valence-electron chi connectivity index (χ4n) is 4.03. The van der Waals surface area contributed by atoms with E-state index in [9.17, 15) is 24.8 Å². The van der Waals surface area contributed by atoms with Gasteiger partial charge < -0.3 is 9.84 Å². The van der Waals surface area contributed by atoms with Crippen LogP contribution >= 0.6 is 11.6 Å². The number of carbonyl (C=O) groups is 1. The molecule has 0 unspecified atom stereocenters. The van der Waals surface area contributed by atoms with E-state index in [0.29, 0.717) is 27.9 Å². The number of rotatable bonds is 8. The first-order valence-electron chi connectivity index (χ1n) is 11.9. The van der Waals surface area contributed by atoms with Crippen molar-refractivity contribution in [1.82, 2.24) is 9.66 Å². The number of carboxylic acids is 1. The Kier molecular flexibility index (Phi) is 7.34. The predicted octanol–water partition coefficient (Wildman–Crippen LogP) is 5.78. The summed E-state index contributed by atoms with van der Waals surface area (Å²) in [4.78, 5) is 40.4. The molecule has 1 aromatic heterocycles. The minimum atomic E-state index is -1.11. The van der Waals surface area contributed by atoms with E-state index < -0.39 is 22.1 Å². The van der Waals surface area contributed by atoms with Gasteiger partial charge in [0.1, 0.15) is 6.61 Å². The molecular weight excluding hydrogens is 536 g/mol. The first-order chi connectivity index (χ1) is 19.3. The molecule has 40 heavy (non-hydrogen) atoms. The normalized spacial score (nSPS) is 11.1. The number of hydrogen-bond donors (Lipinski definition) is 1. The molecule has 1 N–H and O–H groups in total. The second-order valence-electron chi connectivity index (χ2n) is 8.58. The van der Waals surface area contributed by atoms with Crippen molar-refractivity contribution in [3.8, 4) is 17.1 Å². The minimum Gasteiger partial charge on any atom is -0.481 e. The number of aromatic carboxylic acids is 1. The molecule has 5 rings (SSSR count). The molecule has 0 saturated heterocycles. The average molecular weight is 555 g/mol. The first-order valence-corrected chi connectivity index (χ1v) is 12.2. The summed E-state index contributed by atoms with van der Waals surface area (Å²) >= 11 is 6.38. The highest BCUT2D eigenvalue weighted by Crippen LogP contribution is 2.36. The third kappa shape index (κ3) is 5.42. The lowest BCUT2D eigenvalue weighted by molar-refractivity contribution is -0.385. The number of halogens is 1. The number of benzene rings is 4. The van der Waals surface area contributed by atoms with Gasteiger partial charge in [0.25, 0.3) is 5.56 Å². The van der Waals surface area contributed by atoms with E-state index in [1.54, 1.807) is 48.5 Å². The van der Waals surface area contributed by atoms with Crippen molar-refractivity contribution >= 4 is 40.4 Å². The fraction of sp³-hybridized carbons (Fsp3) is 0.0345. The van der Waals surface area contributed by atoms with Gasteiger partial charge in [-0.05, 0) is 35.9 Å². The molecule has 0 amide bonds. The molecular formula is C29H19ClN4O6. The van der Waals surface area contributed by atoms with E-state index in [1.165, 1.54) is 30.5 Å². The van der Waals surface area contributed by atoms with Crippen LogP contribution in [0, 0.1) is 10.1 Å². The highest BCUT2D eigenvalue weighted by atomic mass is 35.5. The van der Waals surface area contributed by atoms with Crippen LogP contribution in [0.1, 0.15) is 21.5 Å². The predicted molar refractivity (Wildman–Crippen MR) is 150 cm³/mol. The Bertz CT molecular complexity index is 1850. The molecule has 10 nitrogen and oxygen atoms in total. The van der Waals surface area contributed by atoms with E-state index in [1.807, 2.05) is 18.2 Å². The van der Waals surface area contributed by atoms with Gasteiger partial charge in [0, 0.05) is 17.2 Å².